The lowest BCUT2D eigenvalue weighted by Crippen LogP contribution is -2.19. The SMILES string of the molecule is O=C(C1=[N+]([O-])OC(C2CC2)C1)c1ccccc1. The molecule has 0 bridgehead atoms. The van der Waals surface area contributed by atoms with Crippen LogP contribution in [-0.4, -0.2) is 22.5 Å². The summed E-state index contributed by atoms with van der Waals surface area (Å²) < 4.78 is 0. The fraction of sp³-hybridized carbons (Fsp3) is 0.385. The Balaban J connectivity index is 1.80. The Morgan fingerprint density at radius 2 is 2.00 bits per heavy atom. The largest absolute Gasteiger partial charge is 0.399 e. The maximum Gasteiger partial charge on any atom is 0.293 e. The van der Waals surface area contributed by atoms with Crippen LogP contribution >= 0.6 is 0 Å². The lowest BCUT2D eigenvalue weighted by molar-refractivity contribution is -0.740. The van der Waals surface area contributed by atoms with Crippen LogP contribution in [0.1, 0.15) is 29.6 Å². The van der Waals surface area contributed by atoms with Gasteiger partial charge in [0.15, 0.2) is 0 Å². The molecule has 0 amide bonds. The zero-order valence-corrected chi connectivity index (χ0v) is 9.33. The van der Waals surface area contributed by atoms with Crippen molar-refractivity contribution in [1.82, 2.24) is 0 Å². The molecule has 0 spiro atoms. The second-order valence-electron chi connectivity index (χ2n) is 4.58. The minimum atomic E-state index is -0.219. The summed E-state index contributed by atoms with van der Waals surface area (Å²) in [6.07, 6.45) is 2.56. The molecule has 0 aromatic heterocycles. The number of ketones is 1. The van der Waals surface area contributed by atoms with Crippen molar-refractivity contribution in [3.8, 4) is 0 Å². The quantitative estimate of drug-likeness (QED) is 0.590. The first kappa shape index (κ1) is 10.3. The standard InChI is InChI=1S/C13H13NO3/c15-13(10-4-2-1-3-5-10)11-8-12(9-6-7-9)17-14(11)16/h1-5,9,12H,6-8H2. The summed E-state index contributed by atoms with van der Waals surface area (Å²) in [5.74, 6) is 0.247. The highest BCUT2D eigenvalue weighted by Crippen LogP contribution is 2.37. The summed E-state index contributed by atoms with van der Waals surface area (Å²) in [5, 5.41) is 11.6. The number of nitrogens with zero attached hydrogens (tertiary/aromatic N) is 1. The molecule has 1 aliphatic heterocycles. The predicted octanol–water partition coefficient (Wildman–Crippen LogP) is 1.93. The third-order valence-electron chi connectivity index (χ3n) is 3.29. The third kappa shape index (κ3) is 1.90. The Labute approximate surface area is 99.1 Å². The van der Waals surface area contributed by atoms with Crippen LogP contribution in [0.5, 0.6) is 0 Å². The molecule has 1 aromatic carbocycles. The molecule has 0 N–H and O–H groups in total. The molecule has 88 valence electrons. The third-order valence-corrected chi connectivity index (χ3v) is 3.29. The van der Waals surface area contributed by atoms with Crippen LogP contribution in [0.4, 0.5) is 0 Å². The summed E-state index contributed by atoms with van der Waals surface area (Å²) in [4.78, 5) is 17.7. The number of rotatable bonds is 3. The molecule has 0 radical (unpaired) electrons. The van der Waals surface area contributed by atoms with Gasteiger partial charge < -0.3 is 4.84 Å². The van der Waals surface area contributed by atoms with E-state index in [4.69, 9.17) is 4.84 Å². The van der Waals surface area contributed by atoms with Crippen molar-refractivity contribution in [1.29, 1.82) is 0 Å². The van der Waals surface area contributed by atoms with E-state index in [0.29, 0.717) is 22.8 Å². The van der Waals surface area contributed by atoms with Gasteiger partial charge >= 0.3 is 0 Å². The molecule has 1 unspecified atom stereocenters. The van der Waals surface area contributed by atoms with E-state index >= 15 is 0 Å². The predicted molar refractivity (Wildman–Crippen MR) is 61.6 cm³/mol. The lowest BCUT2D eigenvalue weighted by atomic mass is 10.0. The molecule has 1 fully saturated rings. The molecular formula is C13H13NO3. The van der Waals surface area contributed by atoms with Crippen LogP contribution < -0.4 is 0 Å². The van der Waals surface area contributed by atoms with Crippen LogP contribution in [0.25, 0.3) is 0 Å². The Morgan fingerprint density at radius 1 is 1.29 bits per heavy atom. The molecule has 1 saturated carbocycles. The minimum Gasteiger partial charge on any atom is -0.399 e. The molecule has 2 aliphatic rings. The van der Waals surface area contributed by atoms with Crippen LogP contribution in [0.3, 0.4) is 0 Å². The second kappa shape index (κ2) is 3.87. The van der Waals surface area contributed by atoms with Gasteiger partial charge in [-0.15, -0.1) is 0 Å². The Hall–Kier alpha value is -1.84. The Kier molecular flexibility index (Phi) is 2.35. The van der Waals surface area contributed by atoms with E-state index in [2.05, 4.69) is 0 Å². The molecule has 1 aliphatic carbocycles. The van der Waals surface area contributed by atoms with E-state index in [9.17, 15) is 10.0 Å². The number of carbonyl (C=O) groups is 1. The van der Waals surface area contributed by atoms with Crippen molar-refractivity contribution in [3.05, 3.63) is 41.1 Å². The van der Waals surface area contributed by atoms with Gasteiger partial charge in [-0.3, -0.25) is 10.0 Å². The van der Waals surface area contributed by atoms with Gasteiger partial charge in [-0.25, -0.2) is 0 Å². The highest BCUT2D eigenvalue weighted by Gasteiger charge is 2.41. The number of carbonyl (C=O) groups excluding carboxylic acids is 1. The Morgan fingerprint density at radius 3 is 2.65 bits per heavy atom. The minimum absolute atomic E-state index is 0.0878. The smallest absolute Gasteiger partial charge is 0.293 e. The van der Waals surface area contributed by atoms with Gasteiger partial charge in [0.2, 0.25) is 0 Å². The molecule has 4 nitrogen and oxygen atoms in total. The van der Waals surface area contributed by atoms with E-state index < -0.39 is 0 Å². The van der Waals surface area contributed by atoms with Crippen molar-refractivity contribution in [3.63, 3.8) is 0 Å². The highest BCUT2D eigenvalue weighted by atomic mass is 16.9. The van der Waals surface area contributed by atoms with E-state index in [-0.39, 0.29) is 17.6 Å². The number of hydrogen-bond acceptors (Lipinski definition) is 3. The van der Waals surface area contributed by atoms with E-state index in [1.807, 2.05) is 6.07 Å². The Bertz CT molecular complexity index is 477. The van der Waals surface area contributed by atoms with Gasteiger partial charge in [0.25, 0.3) is 11.5 Å². The molecule has 3 rings (SSSR count). The number of benzene rings is 1. The van der Waals surface area contributed by atoms with Gasteiger partial charge in [-0.2, -0.15) is 0 Å². The van der Waals surface area contributed by atoms with Gasteiger partial charge in [0.1, 0.15) is 0 Å². The first-order valence-corrected chi connectivity index (χ1v) is 5.85. The highest BCUT2D eigenvalue weighted by molar-refractivity contribution is 6.44. The monoisotopic (exact) mass is 231 g/mol. The van der Waals surface area contributed by atoms with Gasteiger partial charge in [0, 0.05) is 10.5 Å². The van der Waals surface area contributed by atoms with Crippen molar-refractivity contribution < 1.29 is 14.5 Å². The van der Waals surface area contributed by atoms with E-state index in [1.165, 1.54) is 0 Å². The maximum atomic E-state index is 12.1. The van der Waals surface area contributed by atoms with Crippen LogP contribution in [0.15, 0.2) is 30.3 Å². The molecule has 1 atom stereocenters. The maximum absolute atomic E-state index is 12.1. The summed E-state index contributed by atoms with van der Waals surface area (Å²) in [5.41, 5.74) is 0.775. The first-order chi connectivity index (χ1) is 8.25. The van der Waals surface area contributed by atoms with Crippen LogP contribution in [0, 0.1) is 11.1 Å². The summed E-state index contributed by atoms with van der Waals surface area (Å²) in [7, 11) is 0. The normalized spacial score (nSPS) is 23.6. The second-order valence-corrected chi connectivity index (χ2v) is 4.58. The number of hydrogen-bond donors (Lipinski definition) is 0. The summed E-state index contributed by atoms with van der Waals surface area (Å²) in [6.45, 7) is 0. The fourth-order valence-electron chi connectivity index (χ4n) is 2.14. The van der Waals surface area contributed by atoms with Crippen molar-refractivity contribution in [2.45, 2.75) is 25.4 Å². The molecule has 4 heteroatoms. The molecular weight excluding hydrogens is 218 g/mol. The van der Waals surface area contributed by atoms with Crippen molar-refractivity contribution in [2.75, 3.05) is 0 Å². The summed E-state index contributed by atoms with van der Waals surface area (Å²) >= 11 is 0. The van der Waals surface area contributed by atoms with Gasteiger partial charge in [0.05, 0.1) is 12.5 Å². The van der Waals surface area contributed by atoms with Crippen molar-refractivity contribution in [2.24, 2.45) is 5.92 Å². The van der Waals surface area contributed by atoms with Crippen molar-refractivity contribution >= 4 is 11.5 Å². The van der Waals surface area contributed by atoms with Gasteiger partial charge in [-0.05, 0) is 18.8 Å². The molecule has 1 heterocycles. The van der Waals surface area contributed by atoms with Crippen LogP contribution in [-0.2, 0) is 4.84 Å². The first-order valence-electron chi connectivity index (χ1n) is 5.85. The average Bonchev–Trinajstić information content (AvgIpc) is 3.13. The van der Waals surface area contributed by atoms with E-state index in [0.717, 1.165) is 12.8 Å². The molecule has 17 heavy (non-hydrogen) atoms. The average molecular weight is 231 g/mol. The van der Waals surface area contributed by atoms with Gasteiger partial charge in [-0.1, -0.05) is 30.3 Å². The summed E-state index contributed by atoms with van der Waals surface area (Å²) in [6, 6.07) is 8.85. The van der Waals surface area contributed by atoms with E-state index in [1.54, 1.807) is 24.3 Å². The topological polar surface area (TPSA) is 52.4 Å². The number of Topliss-reactive ketones (excluding diaryl/α,β-unsaturated/α-hetero) is 1. The molecule has 1 aromatic rings. The molecule has 0 saturated heterocycles. The zero-order chi connectivity index (χ0) is 11.8. The lowest BCUT2D eigenvalue weighted by Gasteiger charge is -2.07. The fourth-order valence-corrected chi connectivity index (χ4v) is 2.14. The van der Waals surface area contributed by atoms with Crippen LogP contribution in [0.2, 0.25) is 0 Å². The zero-order valence-electron chi connectivity index (χ0n) is 9.33.